The van der Waals surface area contributed by atoms with Crippen LogP contribution in [0, 0.1) is 0 Å². The van der Waals surface area contributed by atoms with Crippen molar-refractivity contribution < 1.29 is 24.5 Å². The van der Waals surface area contributed by atoms with Crippen molar-refractivity contribution in [1.82, 2.24) is 24.8 Å². The molecule has 13 heteroatoms. The van der Waals surface area contributed by atoms with E-state index >= 15 is 0 Å². The van der Waals surface area contributed by atoms with E-state index < -0.39 is 36.5 Å². The molecule has 3 amide bonds. The molecule has 5 N–H and O–H groups in total. The number of nitrogens with one attached hydrogen (secondary N) is 3. The van der Waals surface area contributed by atoms with Crippen molar-refractivity contribution in [3.05, 3.63) is 41.9 Å². The molecule has 4 unspecified atom stereocenters. The molecule has 3 aromatic rings. The summed E-state index contributed by atoms with van der Waals surface area (Å²) >= 11 is 5.84. The van der Waals surface area contributed by atoms with Gasteiger partial charge in [-0.3, -0.25) is 14.7 Å². The maximum atomic E-state index is 12.4. The fourth-order valence-corrected chi connectivity index (χ4v) is 3.44. The Balaban J connectivity index is 1.55. The Kier molecular flexibility index (Phi) is 6.19. The summed E-state index contributed by atoms with van der Waals surface area (Å²) in [6.45, 7) is 2.07. The van der Waals surface area contributed by atoms with Crippen LogP contribution in [-0.4, -0.2) is 66.5 Å². The quantitative estimate of drug-likeness (QED) is 0.373. The summed E-state index contributed by atoms with van der Waals surface area (Å²) in [6.07, 6.45) is -2.68. The van der Waals surface area contributed by atoms with Crippen molar-refractivity contribution in [2.75, 3.05) is 17.2 Å². The molecule has 0 bridgehead atoms. The maximum Gasteiger partial charge on any atom is 0.324 e. The lowest BCUT2D eigenvalue weighted by molar-refractivity contribution is -0.137. The third-order valence-electron chi connectivity index (χ3n) is 4.81. The number of hydrogen-bond donors (Lipinski definition) is 5. The minimum Gasteiger partial charge on any atom is -0.387 e. The normalized spacial score (nSPS) is 22.6. The van der Waals surface area contributed by atoms with Crippen molar-refractivity contribution >= 4 is 46.2 Å². The van der Waals surface area contributed by atoms with Gasteiger partial charge >= 0.3 is 6.03 Å². The molecule has 1 aromatic carbocycles. The molecular weight excluding hydrogens is 442 g/mol. The van der Waals surface area contributed by atoms with E-state index in [1.807, 2.05) is 0 Å². The zero-order valence-electron chi connectivity index (χ0n) is 16.8. The number of halogens is 1. The highest BCUT2D eigenvalue weighted by Crippen LogP contribution is 2.32. The number of benzene rings is 1. The van der Waals surface area contributed by atoms with Gasteiger partial charge in [-0.1, -0.05) is 11.6 Å². The van der Waals surface area contributed by atoms with Crippen LogP contribution in [0.25, 0.3) is 11.2 Å². The second-order valence-corrected chi connectivity index (χ2v) is 7.39. The van der Waals surface area contributed by atoms with Crippen LogP contribution in [0.3, 0.4) is 0 Å². The zero-order valence-corrected chi connectivity index (χ0v) is 17.5. The van der Waals surface area contributed by atoms with Gasteiger partial charge in [-0.05, 0) is 31.2 Å². The van der Waals surface area contributed by atoms with Crippen LogP contribution in [0.1, 0.15) is 13.2 Å². The Hall–Kier alpha value is -3.32. The Labute approximate surface area is 186 Å². The molecule has 1 saturated heterocycles. The van der Waals surface area contributed by atoms with Gasteiger partial charge in [0.15, 0.2) is 29.3 Å². The zero-order chi connectivity index (χ0) is 22.8. The van der Waals surface area contributed by atoms with Gasteiger partial charge in [0.25, 0.3) is 5.91 Å². The van der Waals surface area contributed by atoms with Gasteiger partial charge in [0.2, 0.25) is 0 Å². The number of hydrogen-bond acceptors (Lipinski definition) is 8. The van der Waals surface area contributed by atoms with E-state index in [0.717, 1.165) is 0 Å². The summed E-state index contributed by atoms with van der Waals surface area (Å²) in [7, 11) is 0. The highest BCUT2D eigenvalue weighted by Gasteiger charge is 2.47. The topological polar surface area (TPSA) is 164 Å². The minimum atomic E-state index is -1.44. The molecule has 0 aliphatic carbocycles. The number of carbonyl (C=O) groups excluding carboxylic acids is 2. The fourth-order valence-electron chi connectivity index (χ4n) is 3.31. The number of carbonyl (C=O) groups is 2. The first-order valence-corrected chi connectivity index (χ1v) is 10.1. The molecule has 3 heterocycles. The van der Waals surface area contributed by atoms with Gasteiger partial charge in [0.05, 0.1) is 6.33 Å². The number of urea groups is 1. The summed E-state index contributed by atoms with van der Waals surface area (Å²) in [5, 5.41) is 29.0. The van der Waals surface area contributed by atoms with E-state index in [4.69, 9.17) is 16.3 Å². The predicted octanol–water partition coefficient (Wildman–Crippen LogP) is 0.879. The molecule has 1 fully saturated rings. The lowest BCUT2D eigenvalue weighted by atomic mass is 10.1. The van der Waals surface area contributed by atoms with Gasteiger partial charge in [0.1, 0.15) is 18.5 Å². The van der Waals surface area contributed by atoms with Gasteiger partial charge in [0, 0.05) is 17.3 Å². The molecule has 2 aromatic heterocycles. The number of imidazole rings is 1. The summed E-state index contributed by atoms with van der Waals surface area (Å²) in [4.78, 5) is 36.9. The molecule has 1 aliphatic rings. The van der Waals surface area contributed by atoms with E-state index in [1.165, 1.54) is 17.2 Å². The largest absolute Gasteiger partial charge is 0.387 e. The molecule has 1 aliphatic heterocycles. The number of aliphatic hydroxyl groups excluding tert-OH is 2. The van der Waals surface area contributed by atoms with E-state index in [1.54, 1.807) is 31.2 Å². The summed E-state index contributed by atoms with van der Waals surface area (Å²) in [5.41, 5.74) is 0.982. The molecule has 4 atom stereocenters. The first-order valence-electron chi connectivity index (χ1n) is 9.69. The van der Waals surface area contributed by atoms with E-state index in [9.17, 15) is 19.8 Å². The monoisotopic (exact) mass is 461 g/mol. The number of amides is 3. The second kappa shape index (κ2) is 9.04. The van der Waals surface area contributed by atoms with Crippen molar-refractivity contribution in [2.45, 2.75) is 31.5 Å². The van der Waals surface area contributed by atoms with Crippen LogP contribution < -0.4 is 16.0 Å². The molecule has 12 nitrogen and oxygen atoms in total. The molecule has 4 rings (SSSR count). The third kappa shape index (κ3) is 4.21. The van der Waals surface area contributed by atoms with Gasteiger partial charge in [-0.15, -0.1) is 0 Å². The molecular formula is C19H20ClN7O5. The van der Waals surface area contributed by atoms with E-state index in [0.29, 0.717) is 17.3 Å². The average molecular weight is 462 g/mol. The minimum absolute atomic E-state index is 0.119. The summed E-state index contributed by atoms with van der Waals surface area (Å²) in [6, 6.07) is 5.99. The van der Waals surface area contributed by atoms with Crippen LogP contribution in [-0.2, 0) is 9.53 Å². The second-order valence-electron chi connectivity index (χ2n) is 6.96. The first-order chi connectivity index (χ1) is 15.4. The SMILES string of the molecule is CCNC(=O)C1OC(n2cnc3c(NC(=O)Nc4ccc(Cl)cc4)ncnc32)C(O)C1O. The highest BCUT2D eigenvalue weighted by molar-refractivity contribution is 6.30. The van der Waals surface area contributed by atoms with Crippen LogP contribution in [0.5, 0.6) is 0 Å². The van der Waals surface area contributed by atoms with E-state index in [2.05, 4.69) is 30.9 Å². The molecule has 0 saturated carbocycles. The molecule has 32 heavy (non-hydrogen) atoms. The van der Waals surface area contributed by atoms with Crippen molar-refractivity contribution in [3.8, 4) is 0 Å². The van der Waals surface area contributed by atoms with Gasteiger partial charge in [-0.25, -0.2) is 19.7 Å². The molecule has 168 valence electrons. The number of ether oxygens (including phenoxy) is 1. The number of likely N-dealkylation sites (N-methyl/N-ethyl adjacent to an activating group) is 1. The van der Waals surface area contributed by atoms with Crippen LogP contribution in [0.2, 0.25) is 5.02 Å². The Morgan fingerprint density at radius 2 is 1.88 bits per heavy atom. The number of fused-ring (bicyclic) bond motifs is 1. The Bertz CT molecular complexity index is 1140. The standard InChI is InChI=1S/C19H20ClN7O5/c1-2-21-17(30)14-12(28)13(29)18(32-14)27-8-24-11-15(22-7-23-16(11)27)26-19(31)25-10-5-3-9(20)4-6-10/h3-8,12-14,18,28-29H,2H2,1H3,(H,21,30)(H2,22,23,25,26,31). The Morgan fingerprint density at radius 3 is 2.59 bits per heavy atom. The predicted molar refractivity (Wildman–Crippen MR) is 114 cm³/mol. The number of rotatable bonds is 5. The van der Waals surface area contributed by atoms with Crippen LogP contribution in [0.15, 0.2) is 36.9 Å². The average Bonchev–Trinajstić information content (AvgIpc) is 3.32. The summed E-state index contributed by atoms with van der Waals surface area (Å²) in [5.74, 6) is -0.421. The maximum absolute atomic E-state index is 12.4. The van der Waals surface area contributed by atoms with Crippen LogP contribution >= 0.6 is 11.6 Å². The number of aromatic nitrogens is 4. The molecule has 0 spiro atoms. The number of nitrogens with zero attached hydrogens (tertiary/aromatic N) is 4. The van der Waals surface area contributed by atoms with Crippen molar-refractivity contribution in [3.63, 3.8) is 0 Å². The van der Waals surface area contributed by atoms with Gasteiger partial charge in [-0.2, -0.15) is 0 Å². The molecule has 0 radical (unpaired) electrons. The number of anilines is 2. The van der Waals surface area contributed by atoms with Crippen molar-refractivity contribution in [1.29, 1.82) is 0 Å². The smallest absolute Gasteiger partial charge is 0.324 e. The van der Waals surface area contributed by atoms with Crippen LogP contribution in [0.4, 0.5) is 16.3 Å². The van der Waals surface area contributed by atoms with E-state index in [-0.39, 0.29) is 17.0 Å². The lowest BCUT2D eigenvalue weighted by Gasteiger charge is -2.16. The lowest BCUT2D eigenvalue weighted by Crippen LogP contribution is -2.42. The Morgan fingerprint density at radius 1 is 1.12 bits per heavy atom. The van der Waals surface area contributed by atoms with Gasteiger partial charge < -0.3 is 25.6 Å². The van der Waals surface area contributed by atoms with Crippen molar-refractivity contribution in [2.24, 2.45) is 0 Å². The third-order valence-corrected chi connectivity index (χ3v) is 5.07. The fraction of sp³-hybridized carbons (Fsp3) is 0.316. The summed E-state index contributed by atoms with van der Waals surface area (Å²) < 4.78 is 6.97. The first kappa shape index (κ1) is 21.9. The number of aliphatic hydroxyl groups is 2. The highest BCUT2D eigenvalue weighted by atomic mass is 35.5.